The standard InChI is InChI=1S/2C8H14N2/c1-8(2,3)7-5-10(4)6-9-7;1-8(2,3)7-9-5-6-10(7)4/h2*5-6H,1-4H3. The summed E-state index contributed by atoms with van der Waals surface area (Å²) in [4.78, 5) is 8.50. The average Bonchev–Trinajstić information content (AvgIpc) is 2.85. The highest BCUT2D eigenvalue weighted by molar-refractivity contribution is 5.08. The second kappa shape index (κ2) is 5.81. The monoisotopic (exact) mass is 276 g/mol. The summed E-state index contributed by atoms with van der Waals surface area (Å²) in [5.41, 5.74) is 1.49. The van der Waals surface area contributed by atoms with Crippen molar-refractivity contribution in [3.8, 4) is 0 Å². The highest BCUT2D eigenvalue weighted by atomic mass is 15.0. The van der Waals surface area contributed by atoms with Crippen molar-refractivity contribution in [2.45, 2.75) is 52.4 Å². The number of rotatable bonds is 0. The van der Waals surface area contributed by atoms with Crippen molar-refractivity contribution >= 4 is 0 Å². The van der Waals surface area contributed by atoms with Crippen molar-refractivity contribution in [1.29, 1.82) is 0 Å². The number of imidazole rings is 2. The molecule has 2 rings (SSSR count). The van der Waals surface area contributed by atoms with E-state index in [0.717, 1.165) is 11.5 Å². The average molecular weight is 276 g/mol. The normalized spacial score (nSPS) is 12.0. The fourth-order valence-corrected chi connectivity index (χ4v) is 1.89. The van der Waals surface area contributed by atoms with E-state index >= 15 is 0 Å². The third kappa shape index (κ3) is 4.51. The molecule has 0 N–H and O–H groups in total. The summed E-state index contributed by atoms with van der Waals surface area (Å²) in [7, 11) is 4.01. The van der Waals surface area contributed by atoms with Crippen LogP contribution in [-0.2, 0) is 24.9 Å². The van der Waals surface area contributed by atoms with Crippen LogP contribution in [0.5, 0.6) is 0 Å². The maximum atomic E-state index is 4.25. The van der Waals surface area contributed by atoms with Crippen molar-refractivity contribution in [2.24, 2.45) is 14.1 Å². The molecule has 2 heterocycles. The molecule has 4 heteroatoms. The molecular weight excluding hydrogens is 248 g/mol. The maximum absolute atomic E-state index is 4.25. The molecular formula is C16H28N4. The lowest BCUT2D eigenvalue weighted by Crippen LogP contribution is -2.16. The van der Waals surface area contributed by atoms with Crippen LogP contribution in [0.25, 0.3) is 0 Å². The van der Waals surface area contributed by atoms with E-state index in [-0.39, 0.29) is 10.8 Å². The second-order valence-electron chi connectivity index (χ2n) is 7.29. The minimum Gasteiger partial charge on any atom is -0.340 e. The summed E-state index contributed by atoms with van der Waals surface area (Å²) in [5, 5.41) is 0. The summed E-state index contributed by atoms with van der Waals surface area (Å²) in [6.45, 7) is 13.0. The molecule has 0 atom stereocenters. The molecule has 0 aliphatic carbocycles. The highest BCUT2D eigenvalue weighted by Crippen LogP contribution is 2.19. The molecule has 2 aromatic rings. The fraction of sp³-hybridized carbons (Fsp3) is 0.625. The maximum Gasteiger partial charge on any atom is 0.113 e. The predicted molar refractivity (Wildman–Crippen MR) is 83.8 cm³/mol. The molecule has 0 aliphatic rings. The zero-order chi connectivity index (χ0) is 15.6. The molecule has 20 heavy (non-hydrogen) atoms. The third-order valence-corrected chi connectivity index (χ3v) is 2.97. The van der Waals surface area contributed by atoms with Gasteiger partial charge in [-0.2, -0.15) is 0 Å². The summed E-state index contributed by atoms with van der Waals surface area (Å²) in [5.74, 6) is 1.13. The molecule has 0 aliphatic heterocycles. The van der Waals surface area contributed by atoms with Crippen LogP contribution in [0.1, 0.15) is 53.1 Å². The van der Waals surface area contributed by atoms with Crippen LogP contribution in [-0.4, -0.2) is 19.1 Å². The summed E-state index contributed by atoms with van der Waals surface area (Å²) in [6.07, 6.45) is 7.70. The molecule has 0 radical (unpaired) electrons. The SMILES string of the molecule is Cn1ccnc1C(C)(C)C.Cn1cnc(C(C)(C)C)c1. The van der Waals surface area contributed by atoms with E-state index in [1.165, 1.54) is 0 Å². The molecule has 0 aromatic carbocycles. The van der Waals surface area contributed by atoms with Crippen LogP contribution in [0.15, 0.2) is 24.9 Å². The molecule has 0 unspecified atom stereocenters. The Morgan fingerprint density at radius 2 is 1.50 bits per heavy atom. The van der Waals surface area contributed by atoms with E-state index in [4.69, 9.17) is 0 Å². The van der Waals surface area contributed by atoms with E-state index in [0.29, 0.717) is 0 Å². The van der Waals surface area contributed by atoms with E-state index in [1.54, 1.807) is 0 Å². The topological polar surface area (TPSA) is 35.6 Å². The zero-order valence-electron chi connectivity index (χ0n) is 14.1. The Morgan fingerprint density at radius 1 is 0.900 bits per heavy atom. The summed E-state index contributed by atoms with van der Waals surface area (Å²) in [6, 6.07) is 0. The van der Waals surface area contributed by atoms with E-state index in [2.05, 4.69) is 62.3 Å². The van der Waals surface area contributed by atoms with Crippen molar-refractivity contribution in [2.75, 3.05) is 0 Å². The van der Waals surface area contributed by atoms with Crippen LogP contribution in [0.4, 0.5) is 0 Å². The Labute approximate surface area is 122 Å². The fourth-order valence-electron chi connectivity index (χ4n) is 1.89. The van der Waals surface area contributed by atoms with Crippen molar-refractivity contribution in [3.05, 3.63) is 36.4 Å². The number of aromatic nitrogens is 4. The van der Waals surface area contributed by atoms with Gasteiger partial charge in [-0.15, -0.1) is 0 Å². The number of nitrogens with zero attached hydrogens (tertiary/aromatic N) is 4. The minimum atomic E-state index is 0.165. The van der Waals surface area contributed by atoms with E-state index in [9.17, 15) is 0 Å². The number of hydrogen-bond acceptors (Lipinski definition) is 2. The second-order valence-corrected chi connectivity index (χ2v) is 7.29. The third-order valence-electron chi connectivity index (χ3n) is 2.97. The Morgan fingerprint density at radius 3 is 1.70 bits per heavy atom. The van der Waals surface area contributed by atoms with Gasteiger partial charge in [-0.25, -0.2) is 9.97 Å². The van der Waals surface area contributed by atoms with Crippen LogP contribution in [0.3, 0.4) is 0 Å². The molecule has 0 saturated carbocycles. The molecule has 0 fully saturated rings. The van der Waals surface area contributed by atoms with Crippen LogP contribution >= 0.6 is 0 Å². The molecule has 112 valence electrons. The lowest BCUT2D eigenvalue weighted by molar-refractivity contribution is 0.522. The quantitative estimate of drug-likeness (QED) is 0.739. The van der Waals surface area contributed by atoms with E-state index < -0.39 is 0 Å². The molecule has 0 amide bonds. The predicted octanol–water partition coefficient (Wildman–Crippen LogP) is 3.44. The molecule has 2 aromatic heterocycles. The lowest BCUT2D eigenvalue weighted by atomic mass is 9.93. The largest absolute Gasteiger partial charge is 0.340 e. The van der Waals surface area contributed by atoms with Gasteiger partial charge >= 0.3 is 0 Å². The van der Waals surface area contributed by atoms with Gasteiger partial charge in [0, 0.05) is 43.5 Å². The Hall–Kier alpha value is -1.58. The van der Waals surface area contributed by atoms with Gasteiger partial charge in [-0.3, -0.25) is 0 Å². The van der Waals surface area contributed by atoms with E-state index in [1.807, 2.05) is 37.4 Å². The minimum absolute atomic E-state index is 0.165. The van der Waals surface area contributed by atoms with Crippen LogP contribution < -0.4 is 0 Å². The molecule has 0 saturated heterocycles. The number of aryl methyl sites for hydroxylation is 2. The van der Waals surface area contributed by atoms with Gasteiger partial charge in [0.05, 0.1) is 12.0 Å². The van der Waals surface area contributed by atoms with Gasteiger partial charge in [0.25, 0.3) is 0 Å². The van der Waals surface area contributed by atoms with Crippen LogP contribution in [0.2, 0.25) is 0 Å². The first kappa shape index (κ1) is 16.5. The van der Waals surface area contributed by atoms with Crippen molar-refractivity contribution in [1.82, 2.24) is 19.1 Å². The van der Waals surface area contributed by atoms with Gasteiger partial charge in [0.15, 0.2) is 0 Å². The zero-order valence-corrected chi connectivity index (χ0v) is 14.1. The highest BCUT2D eigenvalue weighted by Gasteiger charge is 2.17. The molecule has 4 nitrogen and oxygen atoms in total. The lowest BCUT2D eigenvalue weighted by Gasteiger charge is -2.17. The number of hydrogen-bond donors (Lipinski definition) is 0. The molecule has 0 spiro atoms. The van der Waals surface area contributed by atoms with Gasteiger partial charge < -0.3 is 9.13 Å². The smallest absolute Gasteiger partial charge is 0.113 e. The first-order valence-electron chi connectivity index (χ1n) is 6.98. The first-order chi connectivity index (χ1) is 9.01. The van der Waals surface area contributed by atoms with Gasteiger partial charge in [0.2, 0.25) is 0 Å². The van der Waals surface area contributed by atoms with Crippen LogP contribution in [0, 0.1) is 0 Å². The van der Waals surface area contributed by atoms with Gasteiger partial charge in [-0.1, -0.05) is 41.5 Å². The van der Waals surface area contributed by atoms with Gasteiger partial charge in [0.1, 0.15) is 5.82 Å². The Bertz CT molecular complexity index is 535. The van der Waals surface area contributed by atoms with Crippen molar-refractivity contribution < 1.29 is 0 Å². The summed E-state index contributed by atoms with van der Waals surface area (Å²) < 4.78 is 4.03. The van der Waals surface area contributed by atoms with Gasteiger partial charge in [-0.05, 0) is 0 Å². The first-order valence-corrected chi connectivity index (χ1v) is 6.98. The Kier molecular flexibility index (Phi) is 4.79. The summed E-state index contributed by atoms with van der Waals surface area (Å²) >= 11 is 0. The van der Waals surface area contributed by atoms with Crippen molar-refractivity contribution in [3.63, 3.8) is 0 Å². The Balaban J connectivity index is 0.000000200. The molecule has 0 bridgehead atoms.